The van der Waals surface area contributed by atoms with Gasteiger partial charge in [0.1, 0.15) is 0 Å². The number of halogens is 1. The highest BCUT2D eigenvalue weighted by Gasteiger charge is 2.21. The van der Waals surface area contributed by atoms with Crippen molar-refractivity contribution in [3.63, 3.8) is 0 Å². The van der Waals surface area contributed by atoms with Crippen molar-refractivity contribution >= 4 is 33.5 Å². The number of nitrogens with zero attached hydrogens (tertiary/aromatic N) is 1. The second kappa shape index (κ2) is 5.92. The van der Waals surface area contributed by atoms with Crippen LogP contribution in [-0.4, -0.2) is 26.0 Å². The van der Waals surface area contributed by atoms with Crippen molar-refractivity contribution in [3.8, 4) is 0 Å². The van der Waals surface area contributed by atoms with Gasteiger partial charge in [0, 0.05) is 7.05 Å². The van der Waals surface area contributed by atoms with Gasteiger partial charge in [0.25, 0.3) is 5.91 Å². The first kappa shape index (κ1) is 14.3. The second-order valence-corrected chi connectivity index (χ2v) is 4.76. The number of anilines is 1. The van der Waals surface area contributed by atoms with Crippen molar-refractivity contribution in [3.05, 3.63) is 52.4 Å². The summed E-state index contributed by atoms with van der Waals surface area (Å²) in [6, 6.07) is 9.91. The molecule has 20 heavy (non-hydrogen) atoms. The molecule has 1 aromatic carbocycles. The second-order valence-electron chi connectivity index (χ2n) is 3.98. The Hall–Kier alpha value is -2.08. The first-order chi connectivity index (χ1) is 9.54. The van der Waals surface area contributed by atoms with Gasteiger partial charge < -0.3 is 14.1 Å². The maximum atomic E-state index is 12.3. The van der Waals surface area contributed by atoms with E-state index in [1.54, 1.807) is 43.4 Å². The SMILES string of the molecule is COC(=O)c1ccccc1N(C)C(=O)c1ccc(Br)o1. The molecular formula is C14H12BrNO4. The van der Waals surface area contributed by atoms with Gasteiger partial charge in [0.05, 0.1) is 18.4 Å². The number of carbonyl (C=O) groups excluding carboxylic acids is 2. The third-order valence-corrected chi connectivity index (χ3v) is 3.19. The van der Waals surface area contributed by atoms with Gasteiger partial charge in [0.15, 0.2) is 10.4 Å². The van der Waals surface area contributed by atoms with E-state index in [-0.39, 0.29) is 11.7 Å². The van der Waals surface area contributed by atoms with E-state index in [4.69, 9.17) is 9.15 Å². The summed E-state index contributed by atoms with van der Waals surface area (Å²) < 4.78 is 10.4. The highest BCUT2D eigenvalue weighted by Crippen LogP contribution is 2.23. The fourth-order valence-electron chi connectivity index (χ4n) is 1.75. The molecule has 0 unspecified atom stereocenters. The summed E-state index contributed by atoms with van der Waals surface area (Å²) >= 11 is 3.14. The van der Waals surface area contributed by atoms with Crippen LogP contribution in [0.15, 0.2) is 45.5 Å². The van der Waals surface area contributed by atoms with Crippen LogP contribution in [0.25, 0.3) is 0 Å². The van der Waals surface area contributed by atoms with Gasteiger partial charge in [0.2, 0.25) is 0 Å². The topological polar surface area (TPSA) is 59.8 Å². The van der Waals surface area contributed by atoms with Crippen LogP contribution in [0.4, 0.5) is 5.69 Å². The Morgan fingerprint density at radius 3 is 2.50 bits per heavy atom. The van der Waals surface area contributed by atoms with Crippen molar-refractivity contribution in [1.82, 2.24) is 0 Å². The van der Waals surface area contributed by atoms with E-state index in [2.05, 4.69) is 15.9 Å². The zero-order chi connectivity index (χ0) is 14.7. The fourth-order valence-corrected chi connectivity index (χ4v) is 2.06. The molecule has 0 saturated carbocycles. The highest BCUT2D eigenvalue weighted by molar-refractivity contribution is 9.10. The number of para-hydroxylation sites is 1. The predicted octanol–water partition coefficient (Wildman–Crippen LogP) is 3.11. The first-order valence-electron chi connectivity index (χ1n) is 5.75. The van der Waals surface area contributed by atoms with Crippen LogP contribution in [-0.2, 0) is 4.74 Å². The molecule has 0 fully saturated rings. The Morgan fingerprint density at radius 1 is 1.20 bits per heavy atom. The first-order valence-corrected chi connectivity index (χ1v) is 6.54. The monoisotopic (exact) mass is 337 g/mol. The summed E-state index contributed by atoms with van der Waals surface area (Å²) in [7, 11) is 2.87. The van der Waals surface area contributed by atoms with Gasteiger partial charge in [-0.3, -0.25) is 4.79 Å². The lowest BCUT2D eigenvalue weighted by Gasteiger charge is -2.18. The average Bonchev–Trinajstić information content (AvgIpc) is 2.91. The molecular weight excluding hydrogens is 326 g/mol. The minimum Gasteiger partial charge on any atom is -0.465 e. The number of ether oxygens (including phenoxy) is 1. The van der Waals surface area contributed by atoms with Crippen LogP contribution in [0.2, 0.25) is 0 Å². The number of methoxy groups -OCH3 is 1. The maximum absolute atomic E-state index is 12.3. The van der Waals surface area contributed by atoms with Gasteiger partial charge in [-0.15, -0.1) is 0 Å². The third kappa shape index (κ3) is 2.75. The van der Waals surface area contributed by atoms with Crippen LogP contribution in [0.1, 0.15) is 20.9 Å². The molecule has 6 heteroatoms. The van der Waals surface area contributed by atoms with Gasteiger partial charge in [-0.05, 0) is 40.2 Å². The molecule has 0 atom stereocenters. The largest absolute Gasteiger partial charge is 0.465 e. The number of furan rings is 1. The predicted molar refractivity (Wildman–Crippen MR) is 76.9 cm³/mol. The van der Waals surface area contributed by atoms with Crippen LogP contribution in [0, 0.1) is 0 Å². The summed E-state index contributed by atoms with van der Waals surface area (Å²) in [6.45, 7) is 0. The maximum Gasteiger partial charge on any atom is 0.339 e. The number of carbonyl (C=O) groups is 2. The molecule has 0 aliphatic heterocycles. The van der Waals surface area contributed by atoms with E-state index < -0.39 is 5.97 Å². The average molecular weight is 338 g/mol. The van der Waals surface area contributed by atoms with E-state index >= 15 is 0 Å². The Labute approximate surface area is 124 Å². The number of benzene rings is 1. The Morgan fingerprint density at radius 2 is 1.90 bits per heavy atom. The molecule has 0 aliphatic carbocycles. The molecule has 0 aliphatic rings. The van der Waals surface area contributed by atoms with Crippen LogP contribution < -0.4 is 4.90 Å². The van der Waals surface area contributed by atoms with Gasteiger partial charge in [-0.1, -0.05) is 12.1 Å². The van der Waals surface area contributed by atoms with Crippen molar-refractivity contribution in [1.29, 1.82) is 0 Å². The Balaban J connectivity index is 2.36. The lowest BCUT2D eigenvalue weighted by atomic mass is 10.1. The lowest BCUT2D eigenvalue weighted by molar-refractivity contribution is 0.0601. The normalized spacial score (nSPS) is 10.2. The van der Waals surface area contributed by atoms with Gasteiger partial charge in [-0.25, -0.2) is 4.79 Å². The van der Waals surface area contributed by atoms with Gasteiger partial charge >= 0.3 is 5.97 Å². The molecule has 104 valence electrons. The van der Waals surface area contributed by atoms with E-state index in [0.717, 1.165) is 0 Å². The smallest absolute Gasteiger partial charge is 0.339 e. The van der Waals surface area contributed by atoms with Crippen LogP contribution in [0.3, 0.4) is 0 Å². The van der Waals surface area contributed by atoms with Crippen molar-refractivity contribution in [2.24, 2.45) is 0 Å². The molecule has 2 aromatic rings. The molecule has 0 N–H and O–H groups in total. The number of esters is 1. The highest BCUT2D eigenvalue weighted by atomic mass is 79.9. The van der Waals surface area contributed by atoms with E-state index in [1.807, 2.05) is 0 Å². The molecule has 2 rings (SSSR count). The number of hydrogen-bond acceptors (Lipinski definition) is 4. The number of rotatable bonds is 3. The van der Waals surface area contributed by atoms with Crippen LogP contribution >= 0.6 is 15.9 Å². The number of amides is 1. The summed E-state index contributed by atoms with van der Waals surface area (Å²) in [4.78, 5) is 25.3. The molecule has 1 aromatic heterocycles. The zero-order valence-corrected chi connectivity index (χ0v) is 12.5. The summed E-state index contributed by atoms with van der Waals surface area (Å²) in [5.74, 6) is -0.674. The third-order valence-electron chi connectivity index (χ3n) is 2.76. The minimum atomic E-state index is -0.499. The standard InChI is InChI=1S/C14H12BrNO4/c1-16(13(17)11-7-8-12(15)20-11)10-6-4-3-5-9(10)14(18)19-2/h3-8H,1-2H3. The summed E-state index contributed by atoms with van der Waals surface area (Å²) in [6.07, 6.45) is 0. The molecule has 0 spiro atoms. The van der Waals surface area contributed by atoms with E-state index in [0.29, 0.717) is 15.9 Å². The van der Waals surface area contributed by atoms with Crippen molar-refractivity contribution in [2.45, 2.75) is 0 Å². The summed E-state index contributed by atoms with van der Waals surface area (Å²) in [5, 5.41) is 0. The molecule has 0 radical (unpaired) electrons. The zero-order valence-electron chi connectivity index (χ0n) is 10.9. The van der Waals surface area contributed by atoms with E-state index in [9.17, 15) is 9.59 Å². The van der Waals surface area contributed by atoms with E-state index in [1.165, 1.54) is 12.0 Å². The molecule has 1 amide bonds. The van der Waals surface area contributed by atoms with Crippen molar-refractivity contribution < 1.29 is 18.7 Å². The molecule has 1 heterocycles. The Kier molecular flexibility index (Phi) is 4.24. The van der Waals surface area contributed by atoms with Gasteiger partial charge in [-0.2, -0.15) is 0 Å². The lowest BCUT2D eigenvalue weighted by Crippen LogP contribution is -2.27. The van der Waals surface area contributed by atoms with Crippen LogP contribution in [0.5, 0.6) is 0 Å². The Bertz CT molecular complexity index is 650. The van der Waals surface area contributed by atoms with Crippen molar-refractivity contribution in [2.75, 3.05) is 19.1 Å². The minimum absolute atomic E-state index is 0.180. The quantitative estimate of drug-likeness (QED) is 0.807. The molecule has 0 saturated heterocycles. The summed E-state index contributed by atoms with van der Waals surface area (Å²) in [5.41, 5.74) is 0.772. The molecule has 0 bridgehead atoms. The molecule has 5 nitrogen and oxygen atoms in total. The fraction of sp³-hybridized carbons (Fsp3) is 0.143. The number of hydrogen-bond donors (Lipinski definition) is 0.